The van der Waals surface area contributed by atoms with Gasteiger partial charge in [0.25, 0.3) is 0 Å². The van der Waals surface area contributed by atoms with Crippen LogP contribution in [-0.2, 0) is 15.1 Å². The average molecular weight is 229 g/mol. The van der Waals surface area contributed by atoms with Crippen LogP contribution in [0.25, 0.3) is 10.8 Å². The van der Waals surface area contributed by atoms with Gasteiger partial charge in [0.1, 0.15) is 5.60 Å². The minimum absolute atomic E-state index is 0.609. The standard InChI is InChI=1S/C14H14O3/c1-14(17-2,13(15)16)12-9-5-7-10-6-3-4-8-11(10)12/h3-9H,1-2H3,(H,15,16)/p-1/t14-/m1/s1. The molecule has 3 heteroatoms. The lowest BCUT2D eigenvalue weighted by Crippen LogP contribution is -2.45. The summed E-state index contributed by atoms with van der Waals surface area (Å²) in [6.45, 7) is 1.50. The molecule has 0 aliphatic heterocycles. The van der Waals surface area contributed by atoms with Crippen molar-refractivity contribution in [1.29, 1.82) is 0 Å². The summed E-state index contributed by atoms with van der Waals surface area (Å²) < 4.78 is 5.13. The number of ether oxygens (including phenoxy) is 1. The maximum absolute atomic E-state index is 11.3. The van der Waals surface area contributed by atoms with Crippen molar-refractivity contribution in [3.63, 3.8) is 0 Å². The minimum Gasteiger partial charge on any atom is -0.547 e. The van der Waals surface area contributed by atoms with Crippen molar-refractivity contribution in [3.05, 3.63) is 48.0 Å². The predicted octanol–water partition coefficient (Wildman–Crippen LogP) is 1.45. The van der Waals surface area contributed by atoms with Crippen LogP contribution in [0.3, 0.4) is 0 Å². The van der Waals surface area contributed by atoms with Gasteiger partial charge in [-0.1, -0.05) is 42.5 Å². The number of rotatable bonds is 3. The molecule has 3 nitrogen and oxygen atoms in total. The molecule has 2 aromatic rings. The molecule has 0 aliphatic carbocycles. The predicted molar refractivity (Wildman–Crippen MR) is 63.3 cm³/mol. The summed E-state index contributed by atoms with van der Waals surface area (Å²) in [7, 11) is 1.37. The summed E-state index contributed by atoms with van der Waals surface area (Å²) in [6.07, 6.45) is 0. The minimum atomic E-state index is -1.43. The Kier molecular flexibility index (Phi) is 2.86. The van der Waals surface area contributed by atoms with Crippen molar-refractivity contribution < 1.29 is 14.6 Å². The Balaban J connectivity index is 2.74. The molecule has 0 radical (unpaired) electrons. The van der Waals surface area contributed by atoms with E-state index in [0.717, 1.165) is 10.8 Å². The normalized spacial score (nSPS) is 14.5. The highest BCUT2D eigenvalue weighted by Gasteiger charge is 2.29. The molecule has 88 valence electrons. The zero-order valence-corrected chi connectivity index (χ0v) is 9.77. The Labute approximate surface area is 99.6 Å². The number of carboxylic acid groups (broad SMARTS) is 1. The lowest BCUT2D eigenvalue weighted by molar-refractivity contribution is -0.326. The Morgan fingerprint density at radius 2 is 1.82 bits per heavy atom. The fraction of sp³-hybridized carbons (Fsp3) is 0.214. The first-order valence-corrected chi connectivity index (χ1v) is 5.34. The number of fused-ring (bicyclic) bond motifs is 1. The van der Waals surface area contributed by atoms with Gasteiger partial charge in [0.05, 0.1) is 5.97 Å². The molecule has 0 N–H and O–H groups in total. The average Bonchev–Trinajstić information content (AvgIpc) is 2.37. The molecule has 0 aromatic heterocycles. The van der Waals surface area contributed by atoms with Gasteiger partial charge in [-0.15, -0.1) is 0 Å². The van der Waals surface area contributed by atoms with E-state index in [9.17, 15) is 9.90 Å². The molecule has 0 unspecified atom stereocenters. The van der Waals surface area contributed by atoms with E-state index >= 15 is 0 Å². The van der Waals surface area contributed by atoms with E-state index in [2.05, 4.69) is 0 Å². The van der Waals surface area contributed by atoms with E-state index in [0.29, 0.717) is 5.56 Å². The van der Waals surface area contributed by atoms with Crippen molar-refractivity contribution in [2.75, 3.05) is 7.11 Å². The van der Waals surface area contributed by atoms with Gasteiger partial charge in [0, 0.05) is 7.11 Å². The third-order valence-corrected chi connectivity index (χ3v) is 3.10. The number of carboxylic acids is 1. The second-order valence-corrected chi connectivity index (χ2v) is 4.05. The summed E-state index contributed by atoms with van der Waals surface area (Å²) in [5.74, 6) is -1.24. The van der Waals surface area contributed by atoms with Crippen LogP contribution in [0.15, 0.2) is 42.5 Å². The summed E-state index contributed by atoms with van der Waals surface area (Å²) in [5.41, 5.74) is -0.820. The summed E-state index contributed by atoms with van der Waals surface area (Å²) >= 11 is 0. The molecule has 0 amide bonds. The second kappa shape index (κ2) is 4.18. The fourth-order valence-corrected chi connectivity index (χ4v) is 1.94. The number of hydrogen-bond acceptors (Lipinski definition) is 3. The number of hydrogen-bond donors (Lipinski definition) is 0. The topological polar surface area (TPSA) is 49.4 Å². The van der Waals surface area contributed by atoms with Gasteiger partial charge in [-0.2, -0.15) is 0 Å². The van der Waals surface area contributed by atoms with Crippen molar-refractivity contribution in [1.82, 2.24) is 0 Å². The van der Waals surface area contributed by atoms with Crippen LogP contribution in [0.2, 0.25) is 0 Å². The molecule has 0 aliphatic rings. The Morgan fingerprint density at radius 1 is 1.18 bits per heavy atom. The van der Waals surface area contributed by atoms with Crippen molar-refractivity contribution in [2.45, 2.75) is 12.5 Å². The molecule has 0 spiro atoms. The number of carbonyl (C=O) groups excluding carboxylic acids is 1. The zero-order chi connectivity index (χ0) is 12.5. The summed E-state index contributed by atoms with van der Waals surface area (Å²) in [4.78, 5) is 11.3. The molecule has 0 saturated heterocycles. The zero-order valence-electron chi connectivity index (χ0n) is 9.77. The Hall–Kier alpha value is -1.87. The fourth-order valence-electron chi connectivity index (χ4n) is 1.94. The molecule has 0 heterocycles. The van der Waals surface area contributed by atoms with Gasteiger partial charge < -0.3 is 14.6 Å². The van der Waals surface area contributed by atoms with E-state index < -0.39 is 11.6 Å². The van der Waals surface area contributed by atoms with E-state index in [1.165, 1.54) is 14.0 Å². The van der Waals surface area contributed by atoms with Gasteiger partial charge >= 0.3 is 0 Å². The molecule has 2 aromatic carbocycles. The van der Waals surface area contributed by atoms with Crippen LogP contribution < -0.4 is 5.11 Å². The maximum Gasteiger partial charge on any atom is 0.130 e. The first-order chi connectivity index (χ1) is 8.09. The quantitative estimate of drug-likeness (QED) is 0.800. The molecule has 2 rings (SSSR count). The first-order valence-electron chi connectivity index (χ1n) is 5.34. The SMILES string of the molecule is CO[C@@](C)(C(=O)[O-])c1cccc2ccccc12. The van der Waals surface area contributed by atoms with Gasteiger partial charge in [-0.25, -0.2) is 0 Å². The molecule has 0 bridgehead atoms. The Morgan fingerprint density at radius 3 is 2.47 bits per heavy atom. The van der Waals surface area contributed by atoms with Gasteiger partial charge in [-0.05, 0) is 23.3 Å². The smallest absolute Gasteiger partial charge is 0.130 e. The third-order valence-electron chi connectivity index (χ3n) is 3.10. The highest BCUT2D eigenvalue weighted by molar-refractivity contribution is 5.91. The van der Waals surface area contributed by atoms with Crippen molar-refractivity contribution >= 4 is 16.7 Å². The van der Waals surface area contributed by atoms with Gasteiger partial charge in [-0.3, -0.25) is 0 Å². The second-order valence-electron chi connectivity index (χ2n) is 4.05. The number of aliphatic carboxylic acids is 1. The molecular weight excluding hydrogens is 216 g/mol. The first kappa shape index (κ1) is 11.6. The lowest BCUT2D eigenvalue weighted by atomic mass is 9.91. The number of carbonyl (C=O) groups is 1. The lowest BCUT2D eigenvalue weighted by Gasteiger charge is -2.30. The number of methoxy groups -OCH3 is 1. The molecule has 1 atom stereocenters. The Bertz CT molecular complexity index is 557. The van der Waals surface area contributed by atoms with Crippen LogP contribution in [0, 0.1) is 0 Å². The van der Waals surface area contributed by atoms with Crippen molar-refractivity contribution in [2.24, 2.45) is 0 Å². The largest absolute Gasteiger partial charge is 0.547 e. The molecular formula is C14H13O3-. The molecule has 0 saturated carbocycles. The van der Waals surface area contributed by atoms with E-state index in [1.54, 1.807) is 6.07 Å². The van der Waals surface area contributed by atoms with E-state index in [4.69, 9.17) is 4.74 Å². The van der Waals surface area contributed by atoms with Crippen LogP contribution in [0.4, 0.5) is 0 Å². The maximum atomic E-state index is 11.3. The number of benzene rings is 2. The van der Waals surface area contributed by atoms with Crippen LogP contribution >= 0.6 is 0 Å². The highest BCUT2D eigenvalue weighted by atomic mass is 16.5. The van der Waals surface area contributed by atoms with E-state index in [-0.39, 0.29) is 0 Å². The van der Waals surface area contributed by atoms with Crippen LogP contribution in [-0.4, -0.2) is 13.1 Å². The summed E-state index contributed by atoms with van der Waals surface area (Å²) in [5, 5.41) is 13.1. The third kappa shape index (κ3) is 1.78. The van der Waals surface area contributed by atoms with Crippen molar-refractivity contribution in [3.8, 4) is 0 Å². The van der Waals surface area contributed by atoms with Crippen LogP contribution in [0.1, 0.15) is 12.5 Å². The van der Waals surface area contributed by atoms with Crippen LogP contribution in [0.5, 0.6) is 0 Å². The monoisotopic (exact) mass is 229 g/mol. The highest BCUT2D eigenvalue weighted by Crippen LogP contribution is 2.30. The van der Waals surface area contributed by atoms with Gasteiger partial charge in [0.15, 0.2) is 0 Å². The van der Waals surface area contributed by atoms with Gasteiger partial charge in [0.2, 0.25) is 0 Å². The molecule has 17 heavy (non-hydrogen) atoms. The molecule has 0 fully saturated rings. The summed E-state index contributed by atoms with van der Waals surface area (Å²) in [6, 6.07) is 13.1. The van der Waals surface area contributed by atoms with E-state index in [1.807, 2.05) is 36.4 Å².